The predicted octanol–water partition coefficient (Wildman–Crippen LogP) is 3.61. The molecular formula is C19H24N2O2. The number of ether oxygens (including phenoxy) is 1. The minimum absolute atomic E-state index is 0.146. The van der Waals surface area contributed by atoms with Gasteiger partial charge >= 0.3 is 0 Å². The monoisotopic (exact) mass is 312 g/mol. The van der Waals surface area contributed by atoms with Crippen LogP contribution in [0.15, 0.2) is 23.8 Å². The summed E-state index contributed by atoms with van der Waals surface area (Å²) in [6, 6.07) is 7.79. The van der Waals surface area contributed by atoms with Crippen LogP contribution in [0, 0.1) is 24.2 Å². The quantitative estimate of drug-likeness (QED) is 0.682. The first kappa shape index (κ1) is 17.1. The summed E-state index contributed by atoms with van der Waals surface area (Å²) in [6.45, 7) is 4.10. The second-order valence-corrected chi connectivity index (χ2v) is 6.24. The van der Waals surface area contributed by atoms with Crippen molar-refractivity contribution in [1.29, 1.82) is 5.26 Å². The fourth-order valence-corrected chi connectivity index (χ4v) is 3.08. The maximum absolute atomic E-state index is 12.4. The molecule has 0 aromatic heterocycles. The Balaban J connectivity index is 2.13. The first-order valence-electron chi connectivity index (χ1n) is 8.12. The molecule has 4 heteroatoms. The number of hydrogen-bond acceptors (Lipinski definition) is 3. The van der Waals surface area contributed by atoms with Gasteiger partial charge < -0.3 is 10.1 Å². The smallest absolute Gasteiger partial charge is 0.262 e. The lowest BCUT2D eigenvalue weighted by atomic mass is 9.86. The Morgan fingerprint density at radius 1 is 1.39 bits per heavy atom. The van der Waals surface area contributed by atoms with Crippen molar-refractivity contribution in [3.05, 3.63) is 34.9 Å². The van der Waals surface area contributed by atoms with E-state index in [0.717, 1.165) is 36.1 Å². The van der Waals surface area contributed by atoms with Crippen LogP contribution in [-0.4, -0.2) is 19.1 Å². The molecule has 23 heavy (non-hydrogen) atoms. The summed E-state index contributed by atoms with van der Waals surface area (Å²) in [4.78, 5) is 12.4. The van der Waals surface area contributed by atoms with Crippen LogP contribution in [0.4, 0.5) is 0 Å². The Hall–Kier alpha value is -2.28. The number of hydrogen-bond donors (Lipinski definition) is 1. The molecule has 1 aliphatic carbocycles. The Morgan fingerprint density at radius 2 is 2.13 bits per heavy atom. The maximum atomic E-state index is 12.4. The van der Waals surface area contributed by atoms with E-state index in [1.54, 1.807) is 13.2 Å². The second kappa shape index (κ2) is 7.82. The maximum Gasteiger partial charge on any atom is 0.262 e. The number of methoxy groups -OCH3 is 1. The van der Waals surface area contributed by atoms with E-state index in [1.807, 2.05) is 31.2 Å². The fourth-order valence-electron chi connectivity index (χ4n) is 3.08. The van der Waals surface area contributed by atoms with E-state index in [-0.39, 0.29) is 17.5 Å². The zero-order valence-electron chi connectivity index (χ0n) is 14.1. The topological polar surface area (TPSA) is 62.1 Å². The number of carbonyl (C=O) groups is 1. The number of amides is 1. The second-order valence-electron chi connectivity index (χ2n) is 6.24. The van der Waals surface area contributed by atoms with Crippen LogP contribution in [0.5, 0.6) is 5.75 Å². The highest BCUT2D eigenvalue weighted by Gasteiger charge is 2.24. The molecule has 2 atom stereocenters. The van der Waals surface area contributed by atoms with E-state index in [4.69, 9.17) is 4.74 Å². The number of nitriles is 1. The van der Waals surface area contributed by atoms with Gasteiger partial charge in [-0.3, -0.25) is 4.79 Å². The van der Waals surface area contributed by atoms with Crippen LogP contribution in [0.25, 0.3) is 6.08 Å². The van der Waals surface area contributed by atoms with E-state index >= 15 is 0 Å². The summed E-state index contributed by atoms with van der Waals surface area (Å²) >= 11 is 0. The first-order chi connectivity index (χ1) is 11.0. The third kappa shape index (κ3) is 4.35. The van der Waals surface area contributed by atoms with Crippen molar-refractivity contribution in [2.24, 2.45) is 5.92 Å². The van der Waals surface area contributed by atoms with E-state index in [2.05, 4.69) is 12.2 Å². The molecular weight excluding hydrogens is 288 g/mol. The van der Waals surface area contributed by atoms with Crippen molar-refractivity contribution >= 4 is 12.0 Å². The number of aryl methyl sites for hydroxylation is 1. The van der Waals surface area contributed by atoms with Crippen molar-refractivity contribution in [1.82, 2.24) is 5.32 Å². The summed E-state index contributed by atoms with van der Waals surface area (Å²) in [6.07, 6.45) is 6.12. The van der Waals surface area contributed by atoms with E-state index < -0.39 is 0 Å². The summed E-state index contributed by atoms with van der Waals surface area (Å²) in [5.74, 6) is 0.983. The van der Waals surface area contributed by atoms with Gasteiger partial charge in [-0.25, -0.2) is 0 Å². The van der Waals surface area contributed by atoms with Gasteiger partial charge in [-0.15, -0.1) is 0 Å². The van der Waals surface area contributed by atoms with Crippen molar-refractivity contribution in [2.75, 3.05) is 7.11 Å². The fraction of sp³-hybridized carbons (Fsp3) is 0.474. The van der Waals surface area contributed by atoms with Crippen LogP contribution in [0.3, 0.4) is 0 Å². The van der Waals surface area contributed by atoms with E-state index in [1.165, 1.54) is 6.42 Å². The number of carbonyl (C=O) groups excluding carboxylic acids is 1. The molecule has 0 aliphatic heterocycles. The minimum Gasteiger partial charge on any atom is -0.496 e. The molecule has 1 aromatic rings. The normalized spacial score (nSPS) is 21.4. The van der Waals surface area contributed by atoms with Gasteiger partial charge in [-0.05, 0) is 55.0 Å². The molecule has 0 spiro atoms. The van der Waals surface area contributed by atoms with Crippen LogP contribution in [0.1, 0.15) is 43.7 Å². The lowest BCUT2D eigenvalue weighted by Gasteiger charge is -2.29. The van der Waals surface area contributed by atoms with Crippen molar-refractivity contribution < 1.29 is 9.53 Å². The molecule has 1 fully saturated rings. The Kier molecular flexibility index (Phi) is 5.81. The van der Waals surface area contributed by atoms with E-state index in [9.17, 15) is 10.1 Å². The van der Waals surface area contributed by atoms with Gasteiger partial charge in [0.1, 0.15) is 17.4 Å². The molecule has 1 saturated carbocycles. The standard InChI is InChI=1S/C19H24N2O2/c1-13-6-4-5-7-17(13)21-19(22)16(12-20)11-15-8-9-18(23-3)14(2)10-15/h8-11,13,17H,4-7H2,1-3H3,(H,21,22)/b16-11+/t13-,17-/m1/s1. The molecule has 0 bridgehead atoms. The van der Waals surface area contributed by atoms with Gasteiger partial charge in [0.05, 0.1) is 7.11 Å². The highest BCUT2D eigenvalue weighted by atomic mass is 16.5. The Labute approximate surface area is 138 Å². The zero-order chi connectivity index (χ0) is 16.8. The molecule has 0 unspecified atom stereocenters. The van der Waals surface area contributed by atoms with Crippen molar-refractivity contribution in [2.45, 2.75) is 45.6 Å². The average molecular weight is 312 g/mol. The van der Waals surface area contributed by atoms with Crippen molar-refractivity contribution in [3.8, 4) is 11.8 Å². The van der Waals surface area contributed by atoms with Crippen LogP contribution < -0.4 is 10.1 Å². The lowest BCUT2D eigenvalue weighted by molar-refractivity contribution is -0.118. The van der Waals surface area contributed by atoms with Crippen LogP contribution in [-0.2, 0) is 4.79 Å². The zero-order valence-corrected chi connectivity index (χ0v) is 14.1. The third-order valence-corrected chi connectivity index (χ3v) is 4.52. The van der Waals surface area contributed by atoms with Crippen LogP contribution >= 0.6 is 0 Å². The number of rotatable bonds is 4. The summed E-state index contributed by atoms with van der Waals surface area (Å²) in [7, 11) is 1.62. The van der Waals surface area contributed by atoms with E-state index in [0.29, 0.717) is 5.92 Å². The largest absolute Gasteiger partial charge is 0.496 e. The molecule has 4 nitrogen and oxygen atoms in total. The summed E-state index contributed by atoms with van der Waals surface area (Å²) in [5, 5.41) is 12.3. The number of nitrogens with zero attached hydrogens (tertiary/aromatic N) is 1. The molecule has 1 amide bonds. The highest BCUT2D eigenvalue weighted by molar-refractivity contribution is 6.01. The first-order valence-corrected chi connectivity index (χ1v) is 8.12. The van der Waals surface area contributed by atoms with Crippen molar-refractivity contribution in [3.63, 3.8) is 0 Å². The Morgan fingerprint density at radius 3 is 2.74 bits per heavy atom. The molecule has 122 valence electrons. The summed E-state index contributed by atoms with van der Waals surface area (Å²) in [5.41, 5.74) is 1.94. The van der Waals surface area contributed by atoms with Gasteiger partial charge in [0, 0.05) is 6.04 Å². The number of benzene rings is 1. The van der Waals surface area contributed by atoms with Crippen LogP contribution in [0.2, 0.25) is 0 Å². The lowest BCUT2D eigenvalue weighted by Crippen LogP contribution is -2.41. The summed E-state index contributed by atoms with van der Waals surface area (Å²) < 4.78 is 5.23. The molecule has 0 radical (unpaired) electrons. The molecule has 1 aliphatic rings. The molecule has 2 rings (SSSR count). The molecule has 0 heterocycles. The van der Waals surface area contributed by atoms with Gasteiger partial charge in [-0.2, -0.15) is 5.26 Å². The SMILES string of the molecule is COc1ccc(/C=C(\C#N)C(=O)N[C@@H]2CCCC[C@H]2C)cc1C. The third-order valence-electron chi connectivity index (χ3n) is 4.52. The molecule has 1 aromatic carbocycles. The van der Waals surface area contributed by atoms with Gasteiger partial charge in [0.2, 0.25) is 0 Å². The predicted molar refractivity (Wildman–Crippen MR) is 90.9 cm³/mol. The molecule has 1 N–H and O–H groups in total. The molecule has 0 saturated heterocycles. The minimum atomic E-state index is -0.278. The highest BCUT2D eigenvalue weighted by Crippen LogP contribution is 2.24. The van der Waals surface area contributed by atoms with Gasteiger partial charge in [0.25, 0.3) is 5.91 Å². The van der Waals surface area contributed by atoms with Gasteiger partial charge in [0.15, 0.2) is 0 Å². The average Bonchev–Trinajstić information content (AvgIpc) is 2.54. The Bertz CT molecular complexity index is 643. The number of nitrogens with one attached hydrogen (secondary N) is 1. The van der Waals surface area contributed by atoms with Gasteiger partial charge in [-0.1, -0.05) is 25.8 Å².